The van der Waals surface area contributed by atoms with Crippen molar-refractivity contribution < 1.29 is 104 Å². The van der Waals surface area contributed by atoms with Crippen LogP contribution in [0.15, 0.2) is 60.7 Å². The van der Waals surface area contributed by atoms with Gasteiger partial charge in [-0.2, -0.15) is 0 Å². The summed E-state index contributed by atoms with van der Waals surface area (Å²) >= 11 is 0. The van der Waals surface area contributed by atoms with Gasteiger partial charge in [-0.25, -0.2) is 0 Å². The second-order valence-corrected chi connectivity index (χ2v) is 15.4. The van der Waals surface area contributed by atoms with Crippen LogP contribution in [0.5, 0.6) is 0 Å². The number of likely N-dealkylation sites (tertiary alicyclic amines) is 1. The number of carbonyl (C=O) groups is 2. The molecule has 3 aliphatic heterocycles. The smallest absolute Gasteiger partial charge is 0.547 e. The van der Waals surface area contributed by atoms with Crippen molar-refractivity contribution in [1.82, 2.24) is 4.90 Å². The molecule has 0 bridgehead atoms. The fourth-order valence-corrected chi connectivity index (χ4v) is 8.30. The summed E-state index contributed by atoms with van der Waals surface area (Å²) in [6.45, 7) is 0.111. The first-order chi connectivity index (χ1) is 26.9. The van der Waals surface area contributed by atoms with Crippen LogP contribution >= 0.6 is 0 Å². The number of aliphatic hydroxyl groups excluding tert-OH is 7. The first kappa shape index (κ1) is 46.0. The van der Waals surface area contributed by atoms with Gasteiger partial charge in [0.15, 0.2) is 12.6 Å². The molecule has 57 heavy (non-hydrogen) atoms. The Morgan fingerprint density at radius 3 is 1.95 bits per heavy atom. The number of aliphatic carboxylic acids is 1. The standard InChI is InChI=1S/C40H55NO15.Na/c1-21-30(44)32(46)33(47)39(52-21)56-35-25(43)18-41(37(49)29(23-13-7-3-8-14-23)24-15-9-4-10-16-24)19-27(35)54-40-34(48)36(31(45)28(20-42)55-40)53-26(38(50)51)17-22-11-5-2-6-12-22;/h3-4,7-10,13-16,21-22,25-36,39-40,42-48H,2,5-6,11-12,17-20H2,1H3,(H,50,51);/q;+1/p-1/t21?,25?,26-,27?,28?,30?,31?,32?,33?,34?,35?,36?,39?,40?;/m1./s1. The number of carboxylic acids is 1. The van der Waals surface area contributed by atoms with Gasteiger partial charge < -0.3 is 74.2 Å². The zero-order valence-corrected chi connectivity index (χ0v) is 34.2. The van der Waals surface area contributed by atoms with E-state index >= 15 is 0 Å². The average molecular weight is 812 g/mol. The molecule has 17 heteroatoms. The maximum atomic E-state index is 14.5. The fourth-order valence-electron chi connectivity index (χ4n) is 8.30. The largest absolute Gasteiger partial charge is 1.00 e. The molecule has 1 saturated carbocycles. The zero-order valence-electron chi connectivity index (χ0n) is 32.2. The molecule has 3 saturated heterocycles. The number of rotatable bonds is 13. The van der Waals surface area contributed by atoms with Crippen LogP contribution in [0.25, 0.3) is 0 Å². The maximum absolute atomic E-state index is 14.5. The summed E-state index contributed by atoms with van der Waals surface area (Å²) in [6, 6.07) is 18.1. The van der Waals surface area contributed by atoms with Gasteiger partial charge in [0.25, 0.3) is 0 Å². The number of carboxylic acid groups (broad SMARTS) is 1. The second-order valence-electron chi connectivity index (χ2n) is 15.4. The Bertz CT molecular complexity index is 1520. The predicted molar refractivity (Wildman–Crippen MR) is 192 cm³/mol. The topological polar surface area (TPSA) is 248 Å². The number of nitrogens with zero attached hydrogens (tertiary/aromatic N) is 1. The number of carbonyl (C=O) groups excluding carboxylic acids is 2. The van der Waals surface area contributed by atoms with Gasteiger partial charge in [0.2, 0.25) is 5.91 Å². The van der Waals surface area contributed by atoms with Crippen molar-refractivity contribution in [1.29, 1.82) is 0 Å². The van der Waals surface area contributed by atoms with Crippen molar-refractivity contribution in [3.8, 4) is 0 Å². The molecule has 4 fully saturated rings. The van der Waals surface area contributed by atoms with E-state index < -0.39 is 110 Å². The Morgan fingerprint density at radius 1 is 0.772 bits per heavy atom. The third-order valence-electron chi connectivity index (χ3n) is 11.5. The van der Waals surface area contributed by atoms with E-state index in [1.54, 1.807) is 48.5 Å². The summed E-state index contributed by atoms with van der Waals surface area (Å²) in [6.07, 6.45) is -17.0. The quantitative estimate of drug-likeness (QED) is 0.0944. The average Bonchev–Trinajstić information content (AvgIpc) is 3.20. The maximum Gasteiger partial charge on any atom is 1.00 e. The Hall–Kier alpha value is -2.10. The van der Waals surface area contributed by atoms with Gasteiger partial charge in [0.05, 0.1) is 30.7 Å². The van der Waals surface area contributed by atoms with Crippen molar-refractivity contribution in [3.05, 3.63) is 71.8 Å². The van der Waals surface area contributed by atoms with Crippen LogP contribution in [-0.2, 0) is 33.3 Å². The molecule has 0 spiro atoms. The fraction of sp³-hybridized carbons (Fsp3) is 0.650. The number of benzene rings is 2. The van der Waals surface area contributed by atoms with E-state index in [-0.39, 0.29) is 55.0 Å². The van der Waals surface area contributed by atoms with Gasteiger partial charge in [-0.05, 0) is 30.4 Å². The molecular formula is C40H54NNaO15. The number of piperidine rings is 1. The van der Waals surface area contributed by atoms with E-state index in [0.29, 0.717) is 11.1 Å². The summed E-state index contributed by atoms with van der Waals surface area (Å²) in [4.78, 5) is 28.2. The third kappa shape index (κ3) is 10.8. The monoisotopic (exact) mass is 811 g/mol. The van der Waals surface area contributed by atoms with Crippen LogP contribution in [-0.4, -0.2) is 158 Å². The Labute approximate surface area is 353 Å². The number of hydrogen-bond acceptors (Lipinski definition) is 15. The molecule has 14 atom stereocenters. The minimum absolute atomic E-state index is 0. The number of aliphatic hydroxyl groups is 7. The number of hydrogen-bond donors (Lipinski definition) is 7. The predicted octanol–water partition coefficient (Wildman–Crippen LogP) is -4.46. The molecule has 1 aliphatic carbocycles. The van der Waals surface area contributed by atoms with E-state index in [9.17, 15) is 50.4 Å². The Balaban J connectivity index is 0.00000620. The second kappa shape index (κ2) is 20.9. The van der Waals surface area contributed by atoms with Gasteiger partial charge in [0, 0.05) is 13.1 Å². The van der Waals surface area contributed by atoms with Gasteiger partial charge >= 0.3 is 29.6 Å². The van der Waals surface area contributed by atoms with Crippen LogP contribution in [0.3, 0.4) is 0 Å². The van der Waals surface area contributed by atoms with Gasteiger partial charge in [-0.1, -0.05) is 92.8 Å². The molecular weight excluding hydrogens is 757 g/mol. The van der Waals surface area contributed by atoms with Gasteiger partial charge in [0.1, 0.15) is 61.0 Å². The molecule has 310 valence electrons. The molecule has 4 aliphatic rings. The first-order valence-electron chi connectivity index (χ1n) is 19.4. The molecule has 7 N–H and O–H groups in total. The van der Waals surface area contributed by atoms with E-state index in [2.05, 4.69) is 0 Å². The molecule has 2 aromatic carbocycles. The minimum atomic E-state index is -1.86. The first-order valence-corrected chi connectivity index (χ1v) is 19.4. The van der Waals surface area contributed by atoms with Crippen LogP contribution < -0.4 is 34.7 Å². The third-order valence-corrected chi connectivity index (χ3v) is 11.5. The van der Waals surface area contributed by atoms with Crippen LogP contribution in [0, 0.1) is 5.92 Å². The molecule has 6 rings (SSSR count). The molecule has 2 aromatic rings. The summed E-state index contributed by atoms with van der Waals surface area (Å²) in [7, 11) is 0. The van der Waals surface area contributed by atoms with Crippen molar-refractivity contribution in [2.75, 3.05) is 19.7 Å². The molecule has 1 amide bonds. The number of amides is 1. The van der Waals surface area contributed by atoms with E-state index in [1.165, 1.54) is 11.8 Å². The summed E-state index contributed by atoms with van der Waals surface area (Å²) in [5.41, 5.74) is 1.35. The van der Waals surface area contributed by atoms with Gasteiger partial charge in [-0.3, -0.25) is 4.79 Å². The van der Waals surface area contributed by atoms with Crippen molar-refractivity contribution >= 4 is 11.9 Å². The van der Waals surface area contributed by atoms with Gasteiger partial charge in [-0.15, -0.1) is 0 Å². The van der Waals surface area contributed by atoms with Crippen LogP contribution in [0.1, 0.15) is 62.5 Å². The Morgan fingerprint density at radius 2 is 1.37 bits per heavy atom. The van der Waals surface area contributed by atoms with Crippen LogP contribution in [0.4, 0.5) is 0 Å². The molecule has 16 nitrogen and oxygen atoms in total. The number of β-amino-alcohol motifs (C(OH)–C–C–N with tert-alkyl or cyclic N) is 1. The summed E-state index contributed by atoms with van der Waals surface area (Å²) in [5, 5.41) is 88.4. The van der Waals surface area contributed by atoms with Crippen molar-refractivity contribution in [2.24, 2.45) is 5.92 Å². The normalized spacial score (nSPS) is 35.7. The van der Waals surface area contributed by atoms with E-state index in [4.69, 9.17) is 23.7 Å². The summed E-state index contributed by atoms with van der Waals surface area (Å²) < 4.78 is 29.7. The van der Waals surface area contributed by atoms with Crippen LogP contribution in [0.2, 0.25) is 0 Å². The minimum Gasteiger partial charge on any atom is -0.547 e. The molecule has 3 heterocycles. The Kier molecular flexibility index (Phi) is 16.9. The van der Waals surface area contributed by atoms with E-state index in [0.717, 1.165) is 32.1 Å². The molecule has 0 aromatic heterocycles. The number of ether oxygens (including phenoxy) is 5. The molecule has 13 unspecified atom stereocenters. The van der Waals surface area contributed by atoms with E-state index in [1.807, 2.05) is 12.1 Å². The summed E-state index contributed by atoms with van der Waals surface area (Å²) in [5.74, 6) is -2.72. The van der Waals surface area contributed by atoms with Crippen molar-refractivity contribution in [3.63, 3.8) is 0 Å². The molecule has 0 radical (unpaired) electrons. The SMILES string of the molecule is CC1OC(OC2C(O)CN(C(=O)C(c3ccccc3)c3ccccc3)CC2OC2OC(CO)C(O)C(O[C@H](CC3CCCCC3)C(=O)[O-])C2O)C(O)C(O)C1O.[Na+]. The van der Waals surface area contributed by atoms with Crippen molar-refractivity contribution in [2.45, 2.75) is 137 Å². The zero-order chi connectivity index (χ0) is 40.1.